The van der Waals surface area contributed by atoms with E-state index in [1.54, 1.807) is 19.1 Å². The van der Waals surface area contributed by atoms with Crippen LogP contribution >= 0.6 is 0 Å². The fraction of sp³-hybridized carbons (Fsp3) is 0.429. The molecule has 2 amide bonds. The third-order valence-electron chi connectivity index (χ3n) is 7.80. The number of hydrogen-bond acceptors (Lipinski definition) is 7. The van der Waals surface area contributed by atoms with Crippen molar-refractivity contribution in [2.75, 3.05) is 14.1 Å². The highest BCUT2D eigenvalue weighted by Crippen LogP contribution is 2.43. The van der Waals surface area contributed by atoms with Crippen molar-refractivity contribution in [3.8, 4) is 17.3 Å². The Balaban J connectivity index is 1.64. The molecule has 3 aromatic rings. The highest BCUT2D eigenvalue weighted by molar-refractivity contribution is 6.35. The van der Waals surface area contributed by atoms with Crippen LogP contribution < -0.4 is 15.6 Å². The summed E-state index contributed by atoms with van der Waals surface area (Å²) in [6.45, 7) is 1.65. The van der Waals surface area contributed by atoms with Crippen LogP contribution in [0.15, 0.2) is 29.2 Å². The first-order valence-corrected chi connectivity index (χ1v) is 13.5. The zero-order valence-electron chi connectivity index (χ0n) is 23.5. The molecule has 0 unspecified atom stereocenters. The number of halogens is 4. The Kier molecular flexibility index (Phi) is 7.60. The lowest BCUT2D eigenvalue weighted by Gasteiger charge is -2.37. The molecule has 2 bridgehead atoms. The lowest BCUT2D eigenvalue weighted by atomic mass is 9.77. The highest BCUT2D eigenvalue weighted by atomic mass is 19.4. The van der Waals surface area contributed by atoms with Crippen LogP contribution in [0.5, 0.6) is 5.75 Å². The monoisotopic (exact) mass is 604 g/mol. The van der Waals surface area contributed by atoms with E-state index in [0.29, 0.717) is 42.5 Å². The molecule has 11 nitrogen and oxygen atoms in total. The quantitative estimate of drug-likeness (QED) is 0.259. The van der Waals surface area contributed by atoms with Crippen LogP contribution in [-0.4, -0.2) is 62.5 Å². The van der Waals surface area contributed by atoms with Gasteiger partial charge in [-0.1, -0.05) is 12.1 Å². The van der Waals surface area contributed by atoms with Crippen molar-refractivity contribution in [1.29, 1.82) is 0 Å². The maximum absolute atomic E-state index is 13.8. The summed E-state index contributed by atoms with van der Waals surface area (Å²) in [5.41, 5.74) is -1.34. The molecule has 228 valence electrons. The number of aromatic nitrogens is 4. The minimum absolute atomic E-state index is 0.0197. The molecule has 4 heterocycles. The van der Waals surface area contributed by atoms with Crippen molar-refractivity contribution in [2.24, 2.45) is 5.92 Å². The van der Waals surface area contributed by atoms with Gasteiger partial charge in [0.2, 0.25) is 5.75 Å². The summed E-state index contributed by atoms with van der Waals surface area (Å²) in [5.74, 6) is -5.96. The summed E-state index contributed by atoms with van der Waals surface area (Å²) in [7, 11) is 2.81. The minimum atomic E-state index is -5.41. The van der Waals surface area contributed by atoms with Crippen molar-refractivity contribution in [1.82, 2.24) is 29.7 Å². The van der Waals surface area contributed by atoms with E-state index in [0.717, 1.165) is 9.47 Å². The molecule has 1 aromatic carbocycles. The maximum atomic E-state index is 13.8. The number of carbonyl (C=O) groups is 3. The number of ether oxygens (including phenoxy) is 1. The number of alkyl halides is 3. The largest absolute Gasteiger partial charge is 0.491 e. The SMILES string of the molecule is Cc1cc(Cc2c[nH]c(-c3nc4n(c(=O)c3OC(=O)C(F)(F)F)CC3CCC4(NC(=O)C(=O)N(C)C)CC3)n2)ccc1F. The smallest absolute Gasteiger partial charge is 0.411 e. The fourth-order valence-corrected chi connectivity index (χ4v) is 5.56. The van der Waals surface area contributed by atoms with E-state index >= 15 is 0 Å². The van der Waals surface area contributed by atoms with Crippen LogP contribution in [0, 0.1) is 18.7 Å². The van der Waals surface area contributed by atoms with E-state index in [-0.39, 0.29) is 36.3 Å². The average molecular weight is 605 g/mol. The molecule has 15 heteroatoms. The Hall–Kier alpha value is -4.56. The van der Waals surface area contributed by atoms with E-state index in [2.05, 4.69) is 25.0 Å². The highest BCUT2D eigenvalue weighted by Gasteiger charge is 2.48. The van der Waals surface area contributed by atoms with Gasteiger partial charge in [-0.2, -0.15) is 13.2 Å². The van der Waals surface area contributed by atoms with Crippen LogP contribution in [-0.2, 0) is 32.9 Å². The molecule has 2 N–H and O–H groups in total. The predicted octanol–water partition coefficient (Wildman–Crippen LogP) is 2.74. The third-order valence-corrected chi connectivity index (χ3v) is 7.80. The summed E-state index contributed by atoms with van der Waals surface area (Å²) in [6.07, 6.45) is -2.07. The molecule has 2 aliphatic heterocycles. The molecule has 6 rings (SSSR count). The number of nitrogens with zero attached hydrogens (tertiary/aromatic N) is 4. The average Bonchev–Trinajstić information content (AvgIpc) is 3.28. The van der Waals surface area contributed by atoms with Gasteiger partial charge in [-0.3, -0.25) is 19.0 Å². The van der Waals surface area contributed by atoms with Gasteiger partial charge in [0.05, 0.1) is 11.2 Å². The molecule has 43 heavy (non-hydrogen) atoms. The number of carbonyl (C=O) groups excluding carboxylic acids is 3. The second kappa shape index (κ2) is 10.9. The third kappa shape index (κ3) is 5.75. The number of aryl methyl sites for hydroxylation is 1. The zero-order chi connectivity index (χ0) is 31.3. The fourth-order valence-electron chi connectivity index (χ4n) is 5.56. The number of fused-ring (bicyclic) bond motifs is 2. The van der Waals surface area contributed by atoms with Crippen LogP contribution in [0.4, 0.5) is 17.6 Å². The number of nitrogens with one attached hydrogen (secondary N) is 2. The van der Waals surface area contributed by atoms with Crippen LogP contribution in [0.3, 0.4) is 0 Å². The predicted molar refractivity (Wildman–Crippen MR) is 142 cm³/mol. The van der Waals surface area contributed by atoms with Gasteiger partial charge in [0.1, 0.15) is 11.6 Å². The van der Waals surface area contributed by atoms with Crippen LogP contribution in [0.25, 0.3) is 11.5 Å². The van der Waals surface area contributed by atoms with Crippen LogP contribution in [0.1, 0.15) is 48.3 Å². The number of hydrogen-bond donors (Lipinski definition) is 2. The van der Waals surface area contributed by atoms with Crippen molar-refractivity contribution >= 4 is 17.8 Å². The first kappa shape index (κ1) is 29.9. The minimum Gasteiger partial charge on any atom is -0.411 e. The Morgan fingerprint density at radius 1 is 1.19 bits per heavy atom. The Labute approximate surface area is 242 Å². The van der Waals surface area contributed by atoms with E-state index < -0.39 is 46.5 Å². The topological polar surface area (TPSA) is 139 Å². The summed E-state index contributed by atoms with van der Waals surface area (Å²) in [6, 6.07) is 4.47. The lowest BCUT2D eigenvalue weighted by Crippen LogP contribution is -2.53. The van der Waals surface area contributed by atoms with E-state index in [1.807, 2.05) is 0 Å². The van der Waals surface area contributed by atoms with Crippen molar-refractivity contribution in [3.63, 3.8) is 0 Å². The summed E-state index contributed by atoms with van der Waals surface area (Å²) < 4.78 is 59.2. The molecule has 0 radical (unpaired) electrons. The van der Waals surface area contributed by atoms with Gasteiger partial charge in [-0.25, -0.2) is 19.2 Å². The second-order valence-corrected chi connectivity index (χ2v) is 11.1. The molecule has 1 fully saturated rings. The molecular formula is C28H28F4N6O5. The summed E-state index contributed by atoms with van der Waals surface area (Å²) in [5, 5.41) is 2.73. The van der Waals surface area contributed by atoms with E-state index in [1.165, 1.54) is 26.4 Å². The standard InChI is InChI=1S/C28H28F4N6O5/c1-14-10-16(4-5-18(14)29)11-17-12-33-21(34-17)19-20(43-26(42)28(30,31)32)23(40)38-13-15-6-8-27(9-7-15,25(38)35-19)36-22(39)24(41)37(2)3/h4-5,10,12,15H,6-9,11,13H2,1-3H3,(H,33,34)(H,36,39). The zero-order valence-corrected chi connectivity index (χ0v) is 23.5. The molecule has 0 atom stereocenters. The summed E-state index contributed by atoms with van der Waals surface area (Å²) in [4.78, 5) is 63.8. The molecule has 0 spiro atoms. The summed E-state index contributed by atoms with van der Waals surface area (Å²) >= 11 is 0. The van der Waals surface area contributed by atoms with Gasteiger partial charge in [-0.05, 0) is 55.7 Å². The van der Waals surface area contributed by atoms with Crippen LogP contribution in [0.2, 0.25) is 0 Å². The number of aromatic amines is 1. The molecular weight excluding hydrogens is 576 g/mol. The molecule has 1 aliphatic carbocycles. The van der Waals surface area contributed by atoms with Crippen molar-refractivity contribution in [3.05, 3.63) is 63.2 Å². The van der Waals surface area contributed by atoms with Gasteiger partial charge in [0, 0.05) is 33.3 Å². The normalized spacial score (nSPS) is 19.4. The number of rotatable bonds is 5. The molecule has 0 saturated heterocycles. The van der Waals surface area contributed by atoms with Gasteiger partial charge in [0.15, 0.2) is 11.5 Å². The van der Waals surface area contributed by atoms with Gasteiger partial charge >= 0.3 is 24.0 Å². The van der Waals surface area contributed by atoms with Gasteiger partial charge < -0.3 is 19.9 Å². The van der Waals surface area contributed by atoms with Gasteiger partial charge in [-0.15, -0.1) is 0 Å². The second-order valence-electron chi connectivity index (χ2n) is 11.1. The first-order valence-electron chi connectivity index (χ1n) is 13.5. The number of esters is 1. The molecule has 1 saturated carbocycles. The Morgan fingerprint density at radius 3 is 2.51 bits per heavy atom. The lowest BCUT2D eigenvalue weighted by molar-refractivity contribution is -0.189. The molecule has 3 aliphatic rings. The van der Waals surface area contributed by atoms with E-state index in [9.17, 15) is 36.7 Å². The Morgan fingerprint density at radius 2 is 1.88 bits per heavy atom. The number of imidazole rings is 1. The van der Waals surface area contributed by atoms with Crippen molar-refractivity contribution in [2.45, 2.75) is 57.3 Å². The van der Waals surface area contributed by atoms with Gasteiger partial charge in [0.25, 0.3) is 5.56 Å². The van der Waals surface area contributed by atoms with Crippen molar-refractivity contribution < 1.29 is 36.7 Å². The maximum Gasteiger partial charge on any atom is 0.491 e. The number of likely N-dealkylation sites (N-methyl/N-ethyl adjacent to an activating group) is 1. The number of amides is 2. The first-order chi connectivity index (χ1) is 20.2. The number of benzene rings is 1. The van der Waals surface area contributed by atoms with E-state index in [4.69, 9.17) is 0 Å². The molecule has 2 aromatic heterocycles. The number of H-pyrrole nitrogens is 1. The Bertz CT molecular complexity index is 1670.